The number of hydrogen-bond donors (Lipinski definition) is 2. The second-order valence-electron chi connectivity index (χ2n) is 4.26. The summed E-state index contributed by atoms with van der Waals surface area (Å²) in [7, 11) is -3.54. The van der Waals surface area contributed by atoms with E-state index < -0.39 is 33.5 Å². The van der Waals surface area contributed by atoms with Crippen molar-refractivity contribution in [2.45, 2.75) is 26.8 Å². The molecule has 0 aliphatic rings. The lowest BCUT2D eigenvalue weighted by atomic mass is 10.3. The highest BCUT2D eigenvalue weighted by Crippen LogP contribution is 2.03. The second kappa shape index (κ2) is 7.83. The molecule has 0 aromatic carbocycles. The van der Waals surface area contributed by atoms with Crippen molar-refractivity contribution < 1.29 is 27.9 Å². The van der Waals surface area contributed by atoms with Gasteiger partial charge in [0, 0.05) is 25.8 Å². The zero-order chi connectivity index (χ0) is 15.9. The standard InChI is InChI=1S/C11H20N2O6S/c1-4-20(18,19)7-10(15)13(8(2)11(16)17)6-5-12-9(3)14/h8H,4-7H2,1-3H3,(H,12,14)(H,16,17). The van der Waals surface area contributed by atoms with E-state index in [2.05, 4.69) is 5.32 Å². The van der Waals surface area contributed by atoms with E-state index in [1.165, 1.54) is 20.8 Å². The van der Waals surface area contributed by atoms with Crippen molar-refractivity contribution in [2.75, 3.05) is 24.6 Å². The number of aliphatic carboxylic acids is 1. The van der Waals surface area contributed by atoms with Crippen molar-refractivity contribution in [2.24, 2.45) is 0 Å². The van der Waals surface area contributed by atoms with E-state index in [0.29, 0.717) is 0 Å². The highest BCUT2D eigenvalue weighted by molar-refractivity contribution is 7.92. The Morgan fingerprint density at radius 3 is 2.25 bits per heavy atom. The zero-order valence-corrected chi connectivity index (χ0v) is 12.6. The summed E-state index contributed by atoms with van der Waals surface area (Å²) in [6, 6.07) is -1.16. The fourth-order valence-electron chi connectivity index (χ4n) is 1.39. The Bertz CT molecular complexity index is 473. The highest BCUT2D eigenvalue weighted by Gasteiger charge is 2.28. The Kier molecular flexibility index (Phi) is 7.19. The van der Waals surface area contributed by atoms with Crippen molar-refractivity contribution in [1.29, 1.82) is 0 Å². The van der Waals surface area contributed by atoms with Gasteiger partial charge < -0.3 is 15.3 Å². The van der Waals surface area contributed by atoms with E-state index in [0.717, 1.165) is 4.90 Å². The molecule has 2 amide bonds. The maximum atomic E-state index is 11.9. The van der Waals surface area contributed by atoms with Crippen molar-refractivity contribution in [3.05, 3.63) is 0 Å². The zero-order valence-electron chi connectivity index (χ0n) is 11.7. The van der Waals surface area contributed by atoms with Crippen LogP contribution in [0.25, 0.3) is 0 Å². The van der Waals surface area contributed by atoms with Gasteiger partial charge in [0.25, 0.3) is 0 Å². The molecule has 0 saturated heterocycles. The molecule has 0 rings (SSSR count). The van der Waals surface area contributed by atoms with Gasteiger partial charge >= 0.3 is 5.97 Å². The van der Waals surface area contributed by atoms with Crippen molar-refractivity contribution in [3.8, 4) is 0 Å². The molecule has 20 heavy (non-hydrogen) atoms. The minimum absolute atomic E-state index is 0.0604. The van der Waals surface area contributed by atoms with Gasteiger partial charge in [-0.15, -0.1) is 0 Å². The van der Waals surface area contributed by atoms with E-state index in [1.54, 1.807) is 0 Å². The maximum Gasteiger partial charge on any atom is 0.326 e. The number of carboxylic acid groups (broad SMARTS) is 1. The van der Waals surface area contributed by atoms with E-state index in [4.69, 9.17) is 5.11 Å². The van der Waals surface area contributed by atoms with E-state index in [1.807, 2.05) is 0 Å². The number of rotatable bonds is 8. The molecule has 1 unspecified atom stereocenters. The first-order valence-corrected chi connectivity index (χ1v) is 7.90. The van der Waals surface area contributed by atoms with Crippen LogP contribution in [0.2, 0.25) is 0 Å². The van der Waals surface area contributed by atoms with Gasteiger partial charge in [0.15, 0.2) is 9.84 Å². The minimum Gasteiger partial charge on any atom is -0.480 e. The number of nitrogens with one attached hydrogen (secondary N) is 1. The minimum atomic E-state index is -3.54. The Balaban J connectivity index is 4.88. The molecule has 8 nitrogen and oxygen atoms in total. The largest absolute Gasteiger partial charge is 0.480 e. The summed E-state index contributed by atoms with van der Waals surface area (Å²) in [5, 5.41) is 11.4. The lowest BCUT2D eigenvalue weighted by Gasteiger charge is -2.26. The lowest BCUT2D eigenvalue weighted by Crippen LogP contribution is -2.48. The maximum absolute atomic E-state index is 11.9. The van der Waals surface area contributed by atoms with Crippen LogP contribution in [0.15, 0.2) is 0 Å². The van der Waals surface area contributed by atoms with Crippen LogP contribution < -0.4 is 5.32 Å². The number of nitrogens with zero attached hydrogens (tertiary/aromatic N) is 1. The Morgan fingerprint density at radius 2 is 1.85 bits per heavy atom. The van der Waals surface area contributed by atoms with Crippen LogP contribution in [0, 0.1) is 0 Å². The summed E-state index contributed by atoms with van der Waals surface area (Å²) in [5.74, 6) is -3.27. The fourth-order valence-corrected chi connectivity index (χ4v) is 2.14. The van der Waals surface area contributed by atoms with E-state index in [-0.39, 0.29) is 24.7 Å². The summed E-state index contributed by atoms with van der Waals surface area (Å²) >= 11 is 0. The topological polar surface area (TPSA) is 121 Å². The summed E-state index contributed by atoms with van der Waals surface area (Å²) < 4.78 is 22.8. The molecule has 9 heteroatoms. The lowest BCUT2D eigenvalue weighted by molar-refractivity contribution is -0.148. The van der Waals surface area contributed by atoms with Gasteiger partial charge in [0.05, 0.1) is 0 Å². The molecule has 0 bridgehead atoms. The number of amides is 2. The Hall–Kier alpha value is -1.64. The smallest absolute Gasteiger partial charge is 0.326 e. The van der Waals surface area contributed by atoms with Crippen molar-refractivity contribution >= 4 is 27.6 Å². The van der Waals surface area contributed by atoms with Crippen LogP contribution in [0.4, 0.5) is 0 Å². The molecule has 0 aliphatic heterocycles. The molecule has 116 valence electrons. The quantitative estimate of drug-likeness (QED) is 0.584. The molecule has 0 heterocycles. The van der Waals surface area contributed by atoms with Gasteiger partial charge in [-0.05, 0) is 6.92 Å². The van der Waals surface area contributed by atoms with Crippen molar-refractivity contribution in [1.82, 2.24) is 10.2 Å². The van der Waals surface area contributed by atoms with Gasteiger partial charge in [-0.2, -0.15) is 0 Å². The molecule has 0 fully saturated rings. The predicted molar refractivity (Wildman–Crippen MR) is 71.8 cm³/mol. The number of hydrogen-bond acceptors (Lipinski definition) is 5. The van der Waals surface area contributed by atoms with E-state index >= 15 is 0 Å². The van der Waals surface area contributed by atoms with Gasteiger partial charge in [-0.1, -0.05) is 6.92 Å². The average molecular weight is 308 g/mol. The first-order chi connectivity index (χ1) is 9.10. The first kappa shape index (κ1) is 18.4. The van der Waals surface area contributed by atoms with Gasteiger partial charge in [0.2, 0.25) is 11.8 Å². The molecule has 0 aromatic heterocycles. The summed E-state index contributed by atoms with van der Waals surface area (Å²) in [4.78, 5) is 34.5. The monoisotopic (exact) mass is 308 g/mol. The highest BCUT2D eigenvalue weighted by atomic mass is 32.2. The summed E-state index contributed by atoms with van der Waals surface area (Å²) in [5.41, 5.74) is 0. The third kappa shape index (κ3) is 6.50. The molecule has 0 aromatic rings. The third-order valence-electron chi connectivity index (χ3n) is 2.66. The molecule has 0 aliphatic carbocycles. The van der Waals surface area contributed by atoms with Crippen LogP contribution >= 0.6 is 0 Å². The summed E-state index contributed by atoms with van der Waals surface area (Å²) in [6.07, 6.45) is 0. The second-order valence-corrected chi connectivity index (χ2v) is 6.61. The van der Waals surface area contributed by atoms with Crippen LogP contribution in [0.1, 0.15) is 20.8 Å². The molecular formula is C11H20N2O6S. The Labute approximate surface area is 118 Å². The average Bonchev–Trinajstić information content (AvgIpc) is 2.32. The van der Waals surface area contributed by atoms with Crippen LogP contribution in [-0.4, -0.2) is 66.8 Å². The van der Waals surface area contributed by atoms with Gasteiger partial charge in [0.1, 0.15) is 11.8 Å². The summed E-state index contributed by atoms with van der Waals surface area (Å²) in [6.45, 7) is 3.97. The molecule has 2 N–H and O–H groups in total. The number of carboxylic acids is 1. The van der Waals surface area contributed by atoms with Crippen LogP contribution in [0.3, 0.4) is 0 Å². The Morgan fingerprint density at radius 1 is 1.30 bits per heavy atom. The number of carbonyl (C=O) groups is 3. The van der Waals surface area contributed by atoms with Crippen molar-refractivity contribution in [3.63, 3.8) is 0 Å². The third-order valence-corrected chi connectivity index (χ3v) is 4.22. The first-order valence-electron chi connectivity index (χ1n) is 6.07. The molecule has 0 radical (unpaired) electrons. The number of carbonyl (C=O) groups excluding carboxylic acids is 2. The van der Waals surface area contributed by atoms with Crippen LogP contribution in [0.5, 0.6) is 0 Å². The molecule has 0 saturated carbocycles. The molecular weight excluding hydrogens is 288 g/mol. The number of sulfone groups is 1. The fraction of sp³-hybridized carbons (Fsp3) is 0.727. The van der Waals surface area contributed by atoms with Gasteiger partial charge in [-0.3, -0.25) is 9.59 Å². The van der Waals surface area contributed by atoms with Gasteiger partial charge in [-0.25, -0.2) is 13.2 Å². The predicted octanol–water partition coefficient (Wildman–Crippen LogP) is -1.14. The van der Waals surface area contributed by atoms with Crippen LogP contribution in [-0.2, 0) is 24.2 Å². The molecule has 0 spiro atoms. The molecule has 1 atom stereocenters. The SMILES string of the molecule is CCS(=O)(=O)CC(=O)N(CCNC(C)=O)C(C)C(=O)O. The normalized spacial score (nSPS) is 12.6. The van der Waals surface area contributed by atoms with E-state index in [9.17, 15) is 22.8 Å².